The van der Waals surface area contributed by atoms with Gasteiger partial charge < -0.3 is 10.1 Å². The number of carbonyl (C=O) groups excluding carboxylic acids is 3. The highest BCUT2D eigenvalue weighted by Crippen LogP contribution is 2.55. The van der Waals surface area contributed by atoms with Crippen molar-refractivity contribution in [2.75, 3.05) is 6.61 Å². The molecule has 0 aromatic heterocycles. The minimum absolute atomic E-state index is 0.156. The van der Waals surface area contributed by atoms with Gasteiger partial charge in [0.2, 0.25) is 0 Å². The Labute approximate surface area is 171 Å². The fourth-order valence-electron chi connectivity index (χ4n) is 6.16. The summed E-state index contributed by atoms with van der Waals surface area (Å²) < 4.78 is 5.17. The van der Waals surface area contributed by atoms with E-state index in [9.17, 15) is 14.4 Å². The number of benzene rings is 1. The number of amides is 3. The Balaban J connectivity index is 1.25. The number of hydrogen-bond acceptors (Lipinski definition) is 4. The Bertz CT molecular complexity index is 741. The minimum Gasteiger partial charge on any atom is -0.455 e. The Hall–Kier alpha value is -2.37. The minimum atomic E-state index is -0.594. The molecule has 3 amide bonds. The third-order valence-electron chi connectivity index (χ3n) is 6.91. The summed E-state index contributed by atoms with van der Waals surface area (Å²) in [6, 6.07) is 8.89. The number of ether oxygens (including phenoxy) is 1. The van der Waals surface area contributed by atoms with Crippen LogP contribution in [0.4, 0.5) is 4.79 Å². The second-order valence-corrected chi connectivity index (χ2v) is 9.18. The highest BCUT2D eigenvalue weighted by atomic mass is 16.5. The maximum atomic E-state index is 12.4. The number of esters is 1. The van der Waals surface area contributed by atoms with Crippen LogP contribution in [0.25, 0.3) is 0 Å². The maximum absolute atomic E-state index is 12.4. The van der Waals surface area contributed by atoms with E-state index in [4.69, 9.17) is 4.74 Å². The van der Waals surface area contributed by atoms with Gasteiger partial charge in [0.05, 0.1) is 5.92 Å². The molecule has 6 nitrogen and oxygen atoms in total. The largest absolute Gasteiger partial charge is 0.455 e. The van der Waals surface area contributed by atoms with Crippen LogP contribution < -0.4 is 10.6 Å². The van der Waals surface area contributed by atoms with Gasteiger partial charge in [-0.05, 0) is 68.3 Å². The van der Waals surface area contributed by atoms with Crippen LogP contribution in [-0.2, 0) is 14.3 Å². The molecule has 2 N–H and O–H groups in total. The predicted octanol–water partition coefficient (Wildman–Crippen LogP) is 3.52. The number of hydrogen-bond donors (Lipinski definition) is 2. The molecule has 4 saturated carbocycles. The molecular formula is C23H30N2O4. The summed E-state index contributed by atoms with van der Waals surface area (Å²) in [7, 11) is 0. The first-order chi connectivity index (χ1) is 14.0. The van der Waals surface area contributed by atoms with Gasteiger partial charge in [-0.1, -0.05) is 37.3 Å². The van der Waals surface area contributed by atoms with E-state index in [-0.39, 0.29) is 5.54 Å². The molecular weight excluding hydrogens is 368 g/mol. The van der Waals surface area contributed by atoms with E-state index in [1.54, 1.807) is 0 Å². The fourth-order valence-corrected chi connectivity index (χ4v) is 6.16. The molecule has 1 unspecified atom stereocenters. The first-order valence-corrected chi connectivity index (χ1v) is 10.8. The molecule has 29 heavy (non-hydrogen) atoms. The Kier molecular flexibility index (Phi) is 5.61. The molecule has 5 rings (SSSR count). The van der Waals surface area contributed by atoms with Crippen molar-refractivity contribution in [1.82, 2.24) is 10.6 Å². The lowest BCUT2D eigenvalue weighted by atomic mass is 9.53. The van der Waals surface area contributed by atoms with E-state index in [0.29, 0.717) is 24.2 Å². The van der Waals surface area contributed by atoms with Crippen molar-refractivity contribution in [2.24, 2.45) is 17.8 Å². The average molecular weight is 399 g/mol. The smallest absolute Gasteiger partial charge is 0.321 e. The lowest BCUT2D eigenvalue weighted by molar-refractivity contribution is -0.149. The molecule has 1 atom stereocenters. The monoisotopic (exact) mass is 398 g/mol. The van der Waals surface area contributed by atoms with Crippen LogP contribution in [0.5, 0.6) is 0 Å². The Morgan fingerprint density at radius 2 is 1.62 bits per heavy atom. The first kappa shape index (κ1) is 19.9. The highest BCUT2D eigenvalue weighted by Gasteiger charge is 2.51. The fraction of sp³-hybridized carbons (Fsp3) is 0.609. The van der Waals surface area contributed by atoms with Crippen LogP contribution in [0.2, 0.25) is 0 Å². The molecule has 4 bridgehead atoms. The average Bonchev–Trinajstić information content (AvgIpc) is 2.66. The second kappa shape index (κ2) is 8.17. The van der Waals surface area contributed by atoms with Crippen molar-refractivity contribution in [3.05, 3.63) is 35.9 Å². The van der Waals surface area contributed by atoms with Gasteiger partial charge in [-0.2, -0.15) is 0 Å². The number of nitrogens with one attached hydrogen (secondary N) is 2. The summed E-state index contributed by atoms with van der Waals surface area (Å²) in [5.74, 6) is 0.676. The van der Waals surface area contributed by atoms with Gasteiger partial charge in [-0.3, -0.25) is 14.9 Å². The number of imide groups is 1. The Morgan fingerprint density at radius 1 is 1.03 bits per heavy atom. The molecule has 0 radical (unpaired) electrons. The third-order valence-corrected chi connectivity index (χ3v) is 6.91. The van der Waals surface area contributed by atoms with Crippen molar-refractivity contribution in [2.45, 2.75) is 63.3 Å². The molecule has 6 heteroatoms. The van der Waals surface area contributed by atoms with Crippen LogP contribution in [0.3, 0.4) is 0 Å². The number of carbonyl (C=O) groups is 3. The molecule has 1 aromatic rings. The van der Waals surface area contributed by atoms with Gasteiger partial charge in [-0.25, -0.2) is 4.79 Å². The molecule has 0 spiro atoms. The SMILES string of the molecule is CCC(C(=O)OCC(=O)NC(=O)NC12CC3CC(CC(C3)C1)C2)c1ccccc1. The van der Waals surface area contributed by atoms with Crippen molar-refractivity contribution >= 4 is 17.9 Å². The van der Waals surface area contributed by atoms with Gasteiger partial charge >= 0.3 is 12.0 Å². The topological polar surface area (TPSA) is 84.5 Å². The van der Waals surface area contributed by atoms with Crippen molar-refractivity contribution in [1.29, 1.82) is 0 Å². The van der Waals surface area contributed by atoms with Crippen LogP contribution in [0.15, 0.2) is 30.3 Å². The number of urea groups is 1. The van der Waals surface area contributed by atoms with Crippen LogP contribution in [0, 0.1) is 17.8 Å². The molecule has 4 aliphatic carbocycles. The number of rotatable bonds is 6. The first-order valence-electron chi connectivity index (χ1n) is 10.8. The molecule has 156 valence electrons. The molecule has 4 fully saturated rings. The Morgan fingerprint density at radius 3 is 2.17 bits per heavy atom. The normalized spacial score (nSPS) is 30.4. The van der Waals surface area contributed by atoms with E-state index in [1.807, 2.05) is 37.3 Å². The quantitative estimate of drug-likeness (QED) is 0.718. The van der Waals surface area contributed by atoms with E-state index in [1.165, 1.54) is 19.3 Å². The van der Waals surface area contributed by atoms with E-state index in [0.717, 1.165) is 24.8 Å². The molecule has 0 saturated heterocycles. The van der Waals surface area contributed by atoms with Gasteiger partial charge in [0, 0.05) is 5.54 Å². The van der Waals surface area contributed by atoms with Crippen molar-refractivity contribution in [3.63, 3.8) is 0 Å². The summed E-state index contributed by atoms with van der Waals surface area (Å²) in [4.78, 5) is 36.9. The summed E-state index contributed by atoms with van der Waals surface area (Å²) in [6.45, 7) is 1.45. The van der Waals surface area contributed by atoms with Crippen molar-refractivity contribution in [3.8, 4) is 0 Å². The van der Waals surface area contributed by atoms with E-state index < -0.39 is 30.4 Å². The molecule has 0 aliphatic heterocycles. The zero-order valence-electron chi connectivity index (χ0n) is 17.0. The molecule has 1 aromatic carbocycles. The summed E-state index contributed by atoms with van der Waals surface area (Å²) >= 11 is 0. The van der Waals surface area contributed by atoms with Crippen molar-refractivity contribution < 1.29 is 19.1 Å². The van der Waals surface area contributed by atoms with Gasteiger partial charge in [0.25, 0.3) is 5.91 Å². The van der Waals surface area contributed by atoms with E-state index >= 15 is 0 Å². The summed E-state index contributed by atoms with van der Waals surface area (Å²) in [6.07, 6.45) is 7.50. The van der Waals surface area contributed by atoms with Crippen LogP contribution >= 0.6 is 0 Å². The van der Waals surface area contributed by atoms with Gasteiger partial charge in [0.15, 0.2) is 6.61 Å². The van der Waals surface area contributed by atoms with Gasteiger partial charge in [0.1, 0.15) is 0 Å². The lowest BCUT2D eigenvalue weighted by Gasteiger charge is -2.56. The summed E-state index contributed by atoms with van der Waals surface area (Å²) in [5.41, 5.74) is 0.705. The zero-order chi connectivity index (χ0) is 20.4. The standard InChI is InChI=1S/C23H30N2O4/c1-2-19(18-6-4-3-5-7-18)21(27)29-14-20(26)24-22(28)25-23-11-15-8-16(12-23)10-17(9-15)13-23/h3-7,15-17,19H,2,8-14H2,1H3,(H2,24,25,26,28). The van der Waals surface area contributed by atoms with E-state index in [2.05, 4.69) is 10.6 Å². The third kappa shape index (κ3) is 4.46. The van der Waals surface area contributed by atoms with Crippen LogP contribution in [0.1, 0.15) is 63.4 Å². The maximum Gasteiger partial charge on any atom is 0.321 e. The highest BCUT2D eigenvalue weighted by molar-refractivity contribution is 5.96. The lowest BCUT2D eigenvalue weighted by Crippen LogP contribution is -2.62. The predicted molar refractivity (Wildman–Crippen MR) is 108 cm³/mol. The van der Waals surface area contributed by atoms with Crippen LogP contribution in [-0.4, -0.2) is 30.1 Å². The van der Waals surface area contributed by atoms with Gasteiger partial charge in [-0.15, -0.1) is 0 Å². The second-order valence-electron chi connectivity index (χ2n) is 9.18. The summed E-state index contributed by atoms with van der Waals surface area (Å²) in [5, 5.41) is 5.43. The molecule has 4 aliphatic rings. The zero-order valence-corrected chi connectivity index (χ0v) is 17.0. The molecule has 0 heterocycles.